The van der Waals surface area contributed by atoms with Crippen molar-refractivity contribution in [1.29, 1.82) is 0 Å². The molecule has 1 aliphatic heterocycles. The number of sulfonamides is 1. The monoisotopic (exact) mass is 387 g/mol. The Morgan fingerprint density at radius 3 is 2.80 bits per heavy atom. The molecule has 1 atom stereocenters. The number of hydrogen-bond donors (Lipinski definition) is 2. The number of carbonyl (C=O) groups is 1. The summed E-state index contributed by atoms with van der Waals surface area (Å²) in [6.45, 7) is 3.41. The summed E-state index contributed by atoms with van der Waals surface area (Å²) in [4.78, 5) is 14.2. The number of aryl methyl sites for hydroxylation is 1. The van der Waals surface area contributed by atoms with Gasteiger partial charge in [0.15, 0.2) is 0 Å². The van der Waals surface area contributed by atoms with Crippen LogP contribution in [-0.4, -0.2) is 51.3 Å². The van der Waals surface area contributed by atoms with Crippen LogP contribution in [0.3, 0.4) is 0 Å². The first-order valence-corrected chi connectivity index (χ1v) is 10.8. The first-order chi connectivity index (χ1) is 11.8. The van der Waals surface area contributed by atoms with E-state index in [2.05, 4.69) is 10.0 Å². The van der Waals surface area contributed by atoms with Gasteiger partial charge in [-0.25, -0.2) is 17.9 Å². The van der Waals surface area contributed by atoms with E-state index in [0.717, 1.165) is 48.1 Å². The Balaban J connectivity index is 1.85. The number of rotatable bonds is 6. The SMILES string of the molecule is Cc1cc(CCNC(=O)N2CCCCC2CNS(C)(=O)=O)ccc1Cl. The van der Waals surface area contributed by atoms with Gasteiger partial charge in [0.2, 0.25) is 10.0 Å². The Morgan fingerprint density at radius 1 is 1.36 bits per heavy atom. The van der Waals surface area contributed by atoms with Crippen molar-refractivity contribution in [3.8, 4) is 0 Å². The summed E-state index contributed by atoms with van der Waals surface area (Å²) < 4.78 is 25.1. The van der Waals surface area contributed by atoms with Crippen molar-refractivity contribution in [3.05, 3.63) is 34.3 Å². The van der Waals surface area contributed by atoms with Crippen LogP contribution in [0.5, 0.6) is 0 Å². The summed E-state index contributed by atoms with van der Waals surface area (Å²) in [5.41, 5.74) is 2.14. The first kappa shape index (κ1) is 20.0. The zero-order valence-electron chi connectivity index (χ0n) is 14.7. The predicted molar refractivity (Wildman–Crippen MR) is 100 cm³/mol. The van der Waals surface area contributed by atoms with Crippen molar-refractivity contribution in [2.45, 2.75) is 38.6 Å². The molecule has 6 nitrogen and oxygen atoms in total. The molecule has 1 fully saturated rings. The standard InChI is InChI=1S/C17H26ClN3O3S/c1-13-11-14(6-7-16(13)18)8-9-19-17(22)21-10-4-3-5-15(21)12-20-25(2,23)24/h6-7,11,15,20H,3-5,8-10,12H2,1-2H3,(H,19,22). The Labute approximate surface area is 155 Å². The van der Waals surface area contributed by atoms with Gasteiger partial charge in [0.05, 0.1) is 6.26 Å². The van der Waals surface area contributed by atoms with E-state index in [1.165, 1.54) is 0 Å². The van der Waals surface area contributed by atoms with Gasteiger partial charge in [-0.1, -0.05) is 23.7 Å². The third-order valence-electron chi connectivity index (χ3n) is 4.38. The lowest BCUT2D eigenvalue weighted by molar-refractivity contribution is 0.152. The van der Waals surface area contributed by atoms with Crippen LogP contribution < -0.4 is 10.0 Å². The molecule has 140 valence electrons. The molecule has 1 unspecified atom stereocenters. The summed E-state index contributed by atoms with van der Waals surface area (Å²) in [6.07, 6.45) is 4.62. The van der Waals surface area contributed by atoms with Crippen LogP contribution in [0.25, 0.3) is 0 Å². The van der Waals surface area contributed by atoms with Crippen molar-refractivity contribution in [2.24, 2.45) is 0 Å². The van der Waals surface area contributed by atoms with Crippen LogP contribution in [-0.2, 0) is 16.4 Å². The number of piperidine rings is 1. The zero-order valence-corrected chi connectivity index (χ0v) is 16.3. The molecule has 1 aliphatic rings. The molecule has 0 aliphatic carbocycles. The van der Waals surface area contributed by atoms with Gasteiger partial charge in [-0.3, -0.25) is 0 Å². The number of hydrogen-bond acceptors (Lipinski definition) is 3. The Hall–Kier alpha value is -1.31. The quantitative estimate of drug-likeness (QED) is 0.786. The van der Waals surface area contributed by atoms with Crippen LogP contribution in [0.15, 0.2) is 18.2 Å². The highest BCUT2D eigenvalue weighted by atomic mass is 35.5. The lowest BCUT2D eigenvalue weighted by Crippen LogP contribution is -2.52. The lowest BCUT2D eigenvalue weighted by atomic mass is 10.0. The Kier molecular flexibility index (Phi) is 7.10. The second kappa shape index (κ2) is 8.87. The molecule has 25 heavy (non-hydrogen) atoms. The molecule has 1 heterocycles. The van der Waals surface area contributed by atoms with Crippen molar-refractivity contribution in [1.82, 2.24) is 14.9 Å². The van der Waals surface area contributed by atoms with Crippen LogP contribution in [0, 0.1) is 6.92 Å². The number of halogens is 1. The van der Waals surface area contributed by atoms with E-state index < -0.39 is 10.0 Å². The topological polar surface area (TPSA) is 78.5 Å². The Morgan fingerprint density at radius 2 is 2.12 bits per heavy atom. The molecule has 0 saturated carbocycles. The van der Waals surface area contributed by atoms with Gasteiger partial charge in [-0.2, -0.15) is 0 Å². The van der Waals surface area contributed by atoms with Gasteiger partial charge in [0, 0.05) is 30.7 Å². The maximum atomic E-state index is 12.5. The summed E-state index contributed by atoms with van der Waals surface area (Å²) in [6, 6.07) is 5.62. The minimum atomic E-state index is -3.25. The highest BCUT2D eigenvalue weighted by Gasteiger charge is 2.27. The first-order valence-electron chi connectivity index (χ1n) is 8.50. The highest BCUT2D eigenvalue weighted by Crippen LogP contribution is 2.18. The van der Waals surface area contributed by atoms with Crippen molar-refractivity contribution in [2.75, 3.05) is 25.9 Å². The van der Waals surface area contributed by atoms with Gasteiger partial charge in [0.25, 0.3) is 0 Å². The molecule has 1 aromatic carbocycles. The van der Waals surface area contributed by atoms with Gasteiger partial charge in [-0.15, -0.1) is 0 Å². The minimum absolute atomic E-state index is 0.0961. The van der Waals surface area contributed by atoms with E-state index >= 15 is 0 Å². The van der Waals surface area contributed by atoms with Crippen LogP contribution in [0.4, 0.5) is 4.79 Å². The molecule has 0 spiro atoms. The fourth-order valence-electron chi connectivity index (χ4n) is 3.01. The number of nitrogens with one attached hydrogen (secondary N) is 2. The van der Waals surface area contributed by atoms with Crippen molar-refractivity contribution >= 4 is 27.7 Å². The average molecular weight is 388 g/mol. The molecule has 1 saturated heterocycles. The van der Waals surface area contributed by atoms with E-state index in [4.69, 9.17) is 11.6 Å². The lowest BCUT2D eigenvalue weighted by Gasteiger charge is -2.35. The maximum absolute atomic E-state index is 12.5. The molecular formula is C17H26ClN3O3S. The molecule has 0 radical (unpaired) electrons. The fraction of sp³-hybridized carbons (Fsp3) is 0.588. The summed E-state index contributed by atoms with van der Waals surface area (Å²) in [5, 5.41) is 3.68. The number of carbonyl (C=O) groups excluding carboxylic acids is 1. The van der Waals surface area contributed by atoms with E-state index in [9.17, 15) is 13.2 Å². The third-order valence-corrected chi connectivity index (χ3v) is 5.50. The fourth-order valence-corrected chi connectivity index (χ4v) is 3.62. The van der Waals surface area contributed by atoms with Gasteiger partial charge in [0.1, 0.15) is 0 Å². The van der Waals surface area contributed by atoms with E-state index in [0.29, 0.717) is 13.1 Å². The van der Waals surface area contributed by atoms with Crippen molar-refractivity contribution in [3.63, 3.8) is 0 Å². The third kappa shape index (κ3) is 6.49. The summed E-state index contributed by atoms with van der Waals surface area (Å²) in [5.74, 6) is 0. The molecule has 2 rings (SSSR count). The van der Waals surface area contributed by atoms with Crippen molar-refractivity contribution < 1.29 is 13.2 Å². The van der Waals surface area contributed by atoms with Crippen LogP contribution >= 0.6 is 11.6 Å². The minimum Gasteiger partial charge on any atom is -0.338 e. The Bertz CT molecular complexity index is 709. The average Bonchev–Trinajstić information content (AvgIpc) is 2.55. The summed E-state index contributed by atoms with van der Waals surface area (Å²) >= 11 is 6.02. The largest absolute Gasteiger partial charge is 0.338 e. The van der Waals surface area contributed by atoms with E-state index in [1.807, 2.05) is 25.1 Å². The molecule has 8 heteroatoms. The van der Waals surface area contributed by atoms with Crippen LogP contribution in [0.2, 0.25) is 5.02 Å². The molecule has 0 aromatic heterocycles. The van der Waals surface area contributed by atoms with E-state index in [-0.39, 0.29) is 18.6 Å². The molecule has 0 bridgehead atoms. The number of likely N-dealkylation sites (tertiary alicyclic amines) is 1. The van der Waals surface area contributed by atoms with Gasteiger partial charge >= 0.3 is 6.03 Å². The highest BCUT2D eigenvalue weighted by molar-refractivity contribution is 7.88. The maximum Gasteiger partial charge on any atom is 0.317 e. The second-order valence-electron chi connectivity index (χ2n) is 6.53. The second-order valence-corrected chi connectivity index (χ2v) is 8.77. The molecular weight excluding hydrogens is 362 g/mol. The number of urea groups is 1. The number of nitrogens with zero attached hydrogens (tertiary/aromatic N) is 1. The van der Waals surface area contributed by atoms with Gasteiger partial charge < -0.3 is 10.2 Å². The van der Waals surface area contributed by atoms with E-state index in [1.54, 1.807) is 4.90 Å². The molecule has 2 N–H and O–H groups in total. The normalized spacial score (nSPS) is 18.2. The van der Waals surface area contributed by atoms with Gasteiger partial charge in [-0.05, 0) is 49.8 Å². The smallest absolute Gasteiger partial charge is 0.317 e. The molecule has 1 aromatic rings. The predicted octanol–water partition coefficient (Wildman–Crippen LogP) is 2.30. The number of amides is 2. The summed E-state index contributed by atoms with van der Waals surface area (Å²) in [7, 11) is -3.25. The van der Waals surface area contributed by atoms with Crippen LogP contribution in [0.1, 0.15) is 30.4 Å². The number of benzene rings is 1. The zero-order chi connectivity index (χ0) is 18.4. The molecule has 2 amide bonds.